The Morgan fingerprint density at radius 1 is 0.977 bits per heavy atom. The Morgan fingerprint density at radius 3 is 2.20 bits per heavy atom. The molecular formula is C31H44N6O7. The van der Waals surface area contributed by atoms with E-state index < -0.39 is 35.2 Å². The first-order chi connectivity index (χ1) is 20.7. The molecule has 1 aromatic heterocycles. The lowest BCUT2D eigenvalue weighted by Crippen LogP contribution is -2.56. The Morgan fingerprint density at radius 2 is 1.61 bits per heavy atom. The van der Waals surface area contributed by atoms with Crippen LogP contribution in [0.15, 0.2) is 36.4 Å². The highest BCUT2D eigenvalue weighted by molar-refractivity contribution is 5.97. The summed E-state index contributed by atoms with van der Waals surface area (Å²) in [6, 6.07) is 9.49. The maximum absolute atomic E-state index is 13.7. The Kier molecular flexibility index (Phi) is 11.6. The molecule has 1 atom stereocenters. The number of ether oxygens (including phenoxy) is 2. The van der Waals surface area contributed by atoms with Gasteiger partial charge in [0.05, 0.1) is 18.8 Å². The summed E-state index contributed by atoms with van der Waals surface area (Å²) in [6.07, 6.45) is -0.550. The fraction of sp³-hybridized carbons (Fsp3) is 0.548. The van der Waals surface area contributed by atoms with E-state index in [4.69, 9.17) is 9.47 Å². The van der Waals surface area contributed by atoms with E-state index in [0.29, 0.717) is 11.4 Å². The largest absolute Gasteiger partial charge is 0.460 e. The van der Waals surface area contributed by atoms with Gasteiger partial charge in [0, 0.05) is 44.2 Å². The topological polar surface area (TPSA) is 163 Å². The van der Waals surface area contributed by atoms with Crippen molar-refractivity contribution in [1.29, 1.82) is 0 Å². The molecule has 3 rings (SSSR count). The van der Waals surface area contributed by atoms with Crippen molar-refractivity contribution in [2.45, 2.75) is 71.6 Å². The lowest BCUT2D eigenvalue weighted by Gasteiger charge is -2.36. The van der Waals surface area contributed by atoms with Crippen molar-refractivity contribution in [3.05, 3.63) is 42.1 Å². The number of piperazine rings is 1. The van der Waals surface area contributed by atoms with Gasteiger partial charge in [-0.25, -0.2) is 14.8 Å². The van der Waals surface area contributed by atoms with Crippen LogP contribution in [0.5, 0.6) is 0 Å². The quantitative estimate of drug-likeness (QED) is 0.322. The zero-order chi connectivity index (χ0) is 32.5. The van der Waals surface area contributed by atoms with Crippen LogP contribution in [-0.2, 0) is 19.1 Å². The highest BCUT2D eigenvalue weighted by Gasteiger charge is 2.32. The summed E-state index contributed by atoms with van der Waals surface area (Å²) in [7, 11) is 0. The van der Waals surface area contributed by atoms with Crippen molar-refractivity contribution < 1.29 is 33.8 Å². The summed E-state index contributed by atoms with van der Waals surface area (Å²) in [5.74, 6) is -0.927. The molecule has 1 saturated heterocycles. The number of hydrogen-bond donors (Lipinski definition) is 3. The predicted octanol–water partition coefficient (Wildman–Crippen LogP) is 2.85. The molecule has 2 aromatic rings. The van der Waals surface area contributed by atoms with Crippen molar-refractivity contribution in [3.63, 3.8) is 0 Å². The fourth-order valence-corrected chi connectivity index (χ4v) is 4.42. The van der Waals surface area contributed by atoms with Crippen molar-refractivity contribution in [2.24, 2.45) is 0 Å². The standard InChI is InChI=1S/C31H44N6O7/c1-7-43-29(42)37-17-15-36(16-18-37)28(41)22(13-14-25(39)44-30(2,3)4)33-27(40)23-19-24(35-31(5,6)20-38)34-26(32-23)21-11-9-8-10-12-21/h8-12,19,22,38H,7,13-18,20H2,1-6H3,(H,33,40)(H,32,34,35)/t22-/m0/s1. The molecule has 1 fully saturated rings. The molecule has 13 heteroatoms. The lowest BCUT2D eigenvalue weighted by atomic mass is 10.1. The average molecular weight is 613 g/mol. The number of aromatic nitrogens is 2. The summed E-state index contributed by atoms with van der Waals surface area (Å²) in [6.45, 7) is 11.6. The molecule has 0 saturated carbocycles. The Hall–Kier alpha value is -4.26. The highest BCUT2D eigenvalue weighted by Crippen LogP contribution is 2.21. The first-order valence-corrected chi connectivity index (χ1v) is 14.8. The van der Waals surface area contributed by atoms with Crippen molar-refractivity contribution in [2.75, 3.05) is 44.7 Å². The van der Waals surface area contributed by atoms with E-state index in [2.05, 4.69) is 20.6 Å². The molecule has 1 aliphatic heterocycles. The molecule has 1 aromatic carbocycles. The first-order valence-electron chi connectivity index (χ1n) is 14.8. The molecule has 1 aliphatic rings. The van der Waals surface area contributed by atoms with Gasteiger partial charge in [0.2, 0.25) is 5.91 Å². The monoisotopic (exact) mass is 612 g/mol. The van der Waals surface area contributed by atoms with Gasteiger partial charge in [0.25, 0.3) is 5.91 Å². The molecule has 2 heterocycles. The highest BCUT2D eigenvalue weighted by atomic mass is 16.6. The third kappa shape index (κ3) is 10.2. The normalized spacial score (nSPS) is 14.4. The van der Waals surface area contributed by atoms with Gasteiger partial charge in [-0.3, -0.25) is 14.4 Å². The van der Waals surface area contributed by atoms with Crippen LogP contribution >= 0.6 is 0 Å². The second-order valence-corrected chi connectivity index (χ2v) is 12.2. The van der Waals surface area contributed by atoms with Crippen LogP contribution in [0, 0.1) is 0 Å². The number of amides is 3. The number of carbonyl (C=O) groups is 4. The number of nitrogens with zero attached hydrogens (tertiary/aromatic N) is 4. The number of benzene rings is 1. The van der Waals surface area contributed by atoms with E-state index in [0.717, 1.165) is 0 Å². The van der Waals surface area contributed by atoms with Crippen LogP contribution in [0.3, 0.4) is 0 Å². The Bertz CT molecular complexity index is 1300. The van der Waals surface area contributed by atoms with E-state index in [1.807, 2.05) is 18.2 Å². The van der Waals surface area contributed by atoms with E-state index >= 15 is 0 Å². The average Bonchev–Trinajstić information content (AvgIpc) is 2.98. The number of aliphatic hydroxyl groups excluding tert-OH is 1. The number of carbonyl (C=O) groups excluding carboxylic acids is 4. The van der Waals surface area contributed by atoms with Crippen molar-refractivity contribution in [3.8, 4) is 11.4 Å². The number of rotatable bonds is 11. The van der Waals surface area contributed by atoms with Gasteiger partial charge in [-0.05, 0) is 48.0 Å². The number of hydrogen-bond acceptors (Lipinski definition) is 10. The number of anilines is 1. The number of nitrogens with one attached hydrogen (secondary N) is 2. The summed E-state index contributed by atoms with van der Waals surface area (Å²) in [5.41, 5.74) is -0.779. The van der Waals surface area contributed by atoms with Crippen LogP contribution in [0.4, 0.5) is 10.6 Å². The van der Waals surface area contributed by atoms with Gasteiger partial charge in [0.15, 0.2) is 5.82 Å². The summed E-state index contributed by atoms with van der Waals surface area (Å²) in [4.78, 5) is 64.1. The van der Waals surface area contributed by atoms with E-state index in [9.17, 15) is 24.3 Å². The van der Waals surface area contributed by atoms with Crippen molar-refractivity contribution in [1.82, 2.24) is 25.1 Å². The van der Waals surface area contributed by atoms with Gasteiger partial charge >= 0.3 is 12.1 Å². The number of esters is 1. The SMILES string of the molecule is CCOC(=O)N1CCN(C(=O)[C@H](CCC(=O)OC(C)(C)C)NC(=O)c2cc(NC(C)(C)CO)nc(-c3ccccc3)n2)CC1. The van der Waals surface area contributed by atoms with Crippen LogP contribution in [0.2, 0.25) is 0 Å². The molecule has 0 radical (unpaired) electrons. The molecule has 240 valence electrons. The summed E-state index contributed by atoms with van der Waals surface area (Å²) >= 11 is 0. The Labute approximate surface area is 258 Å². The second kappa shape index (κ2) is 15.0. The van der Waals surface area contributed by atoms with Crippen molar-refractivity contribution >= 4 is 29.7 Å². The predicted molar refractivity (Wildman–Crippen MR) is 164 cm³/mol. The molecule has 0 bridgehead atoms. The van der Waals surface area contributed by atoms with Crippen LogP contribution < -0.4 is 10.6 Å². The number of aliphatic hydroxyl groups is 1. The van der Waals surface area contributed by atoms with E-state index in [1.54, 1.807) is 58.6 Å². The lowest BCUT2D eigenvalue weighted by molar-refractivity contribution is -0.155. The molecule has 0 unspecified atom stereocenters. The second-order valence-electron chi connectivity index (χ2n) is 12.2. The maximum atomic E-state index is 13.7. The zero-order valence-electron chi connectivity index (χ0n) is 26.4. The molecule has 0 spiro atoms. The molecular weight excluding hydrogens is 568 g/mol. The summed E-state index contributed by atoms with van der Waals surface area (Å²) < 4.78 is 10.5. The molecule has 3 amide bonds. The first kappa shape index (κ1) is 34.2. The fourth-order valence-electron chi connectivity index (χ4n) is 4.42. The smallest absolute Gasteiger partial charge is 0.409 e. The Balaban J connectivity index is 1.86. The third-order valence-electron chi connectivity index (χ3n) is 6.63. The molecule has 3 N–H and O–H groups in total. The van der Waals surface area contributed by atoms with E-state index in [-0.39, 0.29) is 69.7 Å². The van der Waals surface area contributed by atoms with Crippen LogP contribution in [0.1, 0.15) is 64.9 Å². The summed E-state index contributed by atoms with van der Waals surface area (Å²) in [5, 5.41) is 15.7. The molecule has 13 nitrogen and oxygen atoms in total. The maximum Gasteiger partial charge on any atom is 0.409 e. The zero-order valence-corrected chi connectivity index (χ0v) is 26.4. The van der Waals surface area contributed by atoms with Gasteiger partial charge in [-0.15, -0.1) is 0 Å². The van der Waals surface area contributed by atoms with Gasteiger partial charge in [-0.1, -0.05) is 30.3 Å². The van der Waals surface area contributed by atoms with E-state index in [1.165, 1.54) is 11.0 Å². The van der Waals surface area contributed by atoms with Crippen LogP contribution in [0.25, 0.3) is 11.4 Å². The van der Waals surface area contributed by atoms with Gasteiger partial charge in [-0.2, -0.15) is 0 Å². The van der Waals surface area contributed by atoms with Gasteiger partial charge < -0.3 is 35.0 Å². The van der Waals surface area contributed by atoms with Gasteiger partial charge in [0.1, 0.15) is 23.2 Å². The third-order valence-corrected chi connectivity index (χ3v) is 6.63. The minimum Gasteiger partial charge on any atom is -0.460 e. The minimum atomic E-state index is -1.07. The van der Waals surface area contributed by atoms with Crippen LogP contribution in [-0.4, -0.2) is 105 Å². The molecule has 44 heavy (non-hydrogen) atoms. The molecule has 0 aliphatic carbocycles. The minimum absolute atomic E-state index is 0.00251.